The lowest BCUT2D eigenvalue weighted by Crippen LogP contribution is -2.31. The molecule has 0 radical (unpaired) electrons. The summed E-state index contributed by atoms with van der Waals surface area (Å²) in [6.07, 6.45) is 3.64. The molecule has 0 saturated heterocycles. The highest BCUT2D eigenvalue weighted by atomic mass is 32.2. The number of nitrogens with zero attached hydrogens (tertiary/aromatic N) is 4. The minimum Gasteiger partial charge on any atom is -0.351 e. The van der Waals surface area contributed by atoms with E-state index in [1.54, 1.807) is 18.0 Å². The number of hydrogen-bond donors (Lipinski definition) is 1. The molecular weight excluding hydrogens is 430 g/mol. The number of pyridine rings is 1. The summed E-state index contributed by atoms with van der Waals surface area (Å²) in [5.74, 6) is 0.804. The molecule has 2 aromatic heterocycles. The average molecular weight is 460 g/mol. The van der Waals surface area contributed by atoms with Crippen LogP contribution < -0.4 is 5.32 Å². The molecular formula is C26H29N5OS. The number of aromatic nitrogens is 3. The Labute approximate surface area is 199 Å². The maximum absolute atomic E-state index is 12.4. The zero-order valence-electron chi connectivity index (χ0n) is 19.3. The lowest BCUT2D eigenvalue weighted by atomic mass is 10.1. The fraction of sp³-hybridized carbons (Fsp3) is 0.269. The Morgan fingerprint density at radius 3 is 2.48 bits per heavy atom. The number of carbonyl (C=O) groups is 1. The molecule has 0 spiro atoms. The molecule has 0 aliphatic carbocycles. The van der Waals surface area contributed by atoms with E-state index in [0.29, 0.717) is 18.7 Å². The van der Waals surface area contributed by atoms with Crippen LogP contribution in [-0.4, -0.2) is 52.5 Å². The summed E-state index contributed by atoms with van der Waals surface area (Å²) in [6.45, 7) is 4.21. The van der Waals surface area contributed by atoms with E-state index in [9.17, 15) is 4.79 Å². The molecule has 33 heavy (non-hydrogen) atoms. The third-order valence-corrected chi connectivity index (χ3v) is 6.45. The Kier molecular flexibility index (Phi) is 7.42. The van der Waals surface area contributed by atoms with Crippen molar-refractivity contribution in [3.63, 3.8) is 0 Å². The summed E-state index contributed by atoms with van der Waals surface area (Å²) in [6, 6.07) is 18.4. The van der Waals surface area contributed by atoms with Gasteiger partial charge in [0.1, 0.15) is 0 Å². The van der Waals surface area contributed by atoms with Crippen molar-refractivity contribution in [2.24, 2.45) is 0 Å². The van der Waals surface area contributed by atoms with Crippen LogP contribution in [0.5, 0.6) is 0 Å². The standard InChI is InChI=1S/C26H29N5OS/c1-19-4-6-21(7-5-19)18-33-26-29-23-12-13-27-16-24(23)31(26)17-20-8-10-22(11-9-20)25(32)28-14-15-30(2)3/h4-13,16H,14-15,17-18H2,1-3H3,(H,28,32). The molecule has 4 aromatic rings. The third-order valence-electron chi connectivity index (χ3n) is 5.41. The molecule has 170 valence electrons. The van der Waals surface area contributed by atoms with Gasteiger partial charge in [0.05, 0.1) is 23.8 Å². The maximum Gasteiger partial charge on any atom is 0.251 e. The van der Waals surface area contributed by atoms with Gasteiger partial charge >= 0.3 is 0 Å². The molecule has 0 atom stereocenters. The first-order valence-corrected chi connectivity index (χ1v) is 12.0. The van der Waals surface area contributed by atoms with E-state index < -0.39 is 0 Å². The van der Waals surface area contributed by atoms with Crippen molar-refractivity contribution in [1.29, 1.82) is 0 Å². The molecule has 1 N–H and O–H groups in total. The minimum atomic E-state index is -0.0463. The molecule has 0 unspecified atom stereocenters. The first-order valence-electron chi connectivity index (χ1n) is 11.0. The number of likely N-dealkylation sites (N-methyl/N-ethyl adjacent to an activating group) is 1. The van der Waals surface area contributed by atoms with E-state index in [1.165, 1.54) is 11.1 Å². The summed E-state index contributed by atoms with van der Waals surface area (Å²) >= 11 is 1.73. The predicted octanol–water partition coefficient (Wildman–Crippen LogP) is 4.37. The largest absolute Gasteiger partial charge is 0.351 e. The van der Waals surface area contributed by atoms with Gasteiger partial charge in [0, 0.05) is 30.6 Å². The smallest absolute Gasteiger partial charge is 0.251 e. The van der Waals surface area contributed by atoms with Crippen molar-refractivity contribution in [2.45, 2.75) is 24.4 Å². The SMILES string of the molecule is Cc1ccc(CSc2nc3ccncc3n2Cc2ccc(C(=O)NCCN(C)C)cc2)cc1. The molecule has 2 heterocycles. The van der Waals surface area contributed by atoms with Gasteiger partial charge in [-0.25, -0.2) is 4.98 Å². The second kappa shape index (κ2) is 10.6. The van der Waals surface area contributed by atoms with Crippen LogP contribution >= 0.6 is 11.8 Å². The van der Waals surface area contributed by atoms with Crippen molar-refractivity contribution < 1.29 is 4.79 Å². The first-order chi connectivity index (χ1) is 16.0. The van der Waals surface area contributed by atoms with E-state index in [-0.39, 0.29) is 5.91 Å². The van der Waals surface area contributed by atoms with E-state index >= 15 is 0 Å². The number of carbonyl (C=O) groups excluding carboxylic acids is 1. The summed E-state index contributed by atoms with van der Waals surface area (Å²) in [7, 11) is 3.98. The number of benzene rings is 2. The lowest BCUT2D eigenvalue weighted by Gasteiger charge is -2.11. The van der Waals surface area contributed by atoms with Gasteiger partial charge in [-0.3, -0.25) is 9.78 Å². The number of aryl methyl sites for hydroxylation is 1. The van der Waals surface area contributed by atoms with Gasteiger partial charge in [0.2, 0.25) is 0 Å². The maximum atomic E-state index is 12.4. The molecule has 4 rings (SSSR count). The fourth-order valence-electron chi connectivity index (χ4n) is 3.48. The van der Waals surface area contributed by atoms with Gasteiger partial charge < -0.3 is 14.8 Å². The van der Waals surface area contributed by atoms with E-state index in [4.69, 9.17) is 4.98 Å². The number of rotatable bonds is 9. The zero-order chi connectivity index (χ0) is 23.2. The van der Waals surface area contributed by atoms with Crippen LogP contribution in [0.1, 0.15) is 27.0 Å². The predicted molar refractivity (Wildman–Crippen MR) is 135 cm³/mol. The Morgan fingerprint density at radius 2 is 1.76 bits per heavy atom. The second-order valence-electron chi connectivity index (χ2n) is 8.38. The summed E-state index contributed by atoms with van der Waals surface area (Å²) in [4.78, 5) is 23.6. The summed E-state index contributed by atoms with van der Waals surface area (Å²) in [5, 5.41) is 3.92. The van der Waals surface area contributed by atoms with Gasteiger partial charge in [-0.2, -0.15) is 0 Å². The zero-order valence-corrected chi connectivity index (χ0v) is 20.1. The molecule has 7 heteroatoms. The number of imidazole rings is 1. The molecule has 0 aliphatic rings. The highest BCUT2D eigenvalue weighted by Gasteiger charge is 2.13. The molecule has 0 saturated carbocycles. The molecule has 6 nitrogen and oxygen atoms in total. The number of nitrogens with one attached hydrogen (secondary N) is 1. The van der Waals surface area contributed by atoms with Crippen LogP contribution in [0, 0.1) is 6.92 Å². The first kappa shape index (κ1) is 23.0. The molecule has 0 fully saturated rings. The van der Waals surface area contributed by atoms with Gasteiger partial charge in [0.25, 0.3) is 5.91 Å². The molecule has 1 amide bonds. The minimum absolute atomic E-state index is 0.0463. The van der Waals surface area contributed by atoms with Crippen LogP contribution in [-0.2, 0) is 12.3 Å². The molecule has 0 bridgehead atoms. The van der Waals surface area contributed by atoms with Crippen LogP contribution in [0.15, 0.2) is 72.1 Å². The Hall–Kier alpha value is -3.16. The Bertz CT molecular complexity index is 1220. The average Bonchev–Trinajstić information content (AvgIpc) is 3.16. The third kappa shape index (κ3) is 6.00. The normalized spacial score (nSPS) is 11.3. The van der Waals surface area contributed by atoms with Crippen LogP contribution in [0.25, 0.3) is 11.0 Å². The lowest BCUT2D eigenvalue weighted by molar-refractivity contribution is 0.0951. The topological polar surface area (TPSA) is 63.1 Å². The number of hydrogen-bond acceptors (Lipinski definition) is 5. The van der Waals surface area contributed by atoms with Gasteiger partial charge in [0.15, 0.2) is 5.16 Å². The van der Waals surface area contributed by atoms with Gasteiger partial charge in [-0.05, 0) is 50.3 Å². The van der Waals surface area contributed by atoms with Crippen molar-refractivity contribution in [2.75, 3.05) is 27.2 Å². The highest BCUT2D eigenvalue weighted by molar-refractivity contribution is 7.98. The summed E-state index contributed by atoms with van der Waals surface area (Å²) < 4.78 is 2.20. The molecule has 0 aliphatic heterocycles. The van der Waals surface area contributed by atoms with Crippen LogP contribution in [0.3, 0.4) is 0 Å². The van der Waals surface area contributed by atoms with E-state index in [2.05, 4.69) is 46.1 Å². The van der Waals surface area contributed by atoms with Crippen molar-refractivity contribution in [1.82, 2.24) is 24.8 Å². The van der Waals surface area contributed by atoms with Gasteiger partial charge in [-0.1, -0.05) is 53.7 Å². The van der Waals surface area contributed by atoms with Crippen molar-refractivity contribution in [3.8, 4) is 0 Å². The number of amides is 1. The monoisotopic (exact) mass is 459 g/mol. The van der Waals surface area contributed by atoms with Crippen molar-refractivity contribution >= 4 is 28.7 Å². The summed E-state index contributed by atoms with van der Waals surface area (Å²) in [5.41, 5.74) is 6.26. The van der Waals surface area contributed by atoms with Crippen molar-refractivity contribution in [3.05, 3.63) is 89.2 Å². The number of thioether (sulfide) groups is 1. The fourth-order valence-corrected chi connectivity index (χ4v) is 4.45. The van der Waals surface area contributed by atoms with Gasteiger partial charge in [-0.15, -0.1) is 0 Å². The Morgan fingerprint density at radius 1 is 1.03 bits per heavy atom. The van der Waals surface area contributed by atoms with Crippen LogP contribution in [0.2, 0.25) is 0 Å². The quantitative estimate of drug-likeness (QED) is 0.377. The van der Waals surface area contributed by atoms with Crippen LogP contribution in [0.4, 0.5) is 0 Å². The number of fused-ring (bicyclic) bond motifs is 1. The second-order valence-corrected chi connectivity index (χ2v) is 9.32. The Balaban J connectivity index is 1.49. The van der Waals surface area contributed by atoms with E-state index in [1.807, 2.05) is 55.5 Å². The van der Waals surface area contributed by atoms with E-state index in [0.717, 1.165) is 34.1 Å². The highest BCUT2D eigenvalue weighted by Crippen LogP contribution is 2.27. The molecule has 2 aromatic carbocycles.